The van der Waals surface area contributed by atoms with Gasteiger partial charge in [0.25, 0.3) is 0 Å². The van der Waals surface area contributed by atoms with Crippen LogP contribution in [0.4, 0.5) is 5.69 Å². The Bertz CT molecular complexity index is 1600. The molecule has 2 atom stereocenters. The number of carbonyl (C=O) groups is 1. The van der Waals surface area contributed by atoms with E-state index in [9.17, 15) is 14.3 Å². The molecule has 0 saturated carbocycles. The van der Waals surface area contributed by atoms with E-state index >= 15 is 0 Å². The fourth-order valence-electron chi connectivity index (χ4n) is 4.25. The van der Waals surface area contributed by atoms with Crippen LogP contribution in [0.15, 0.2) is 73.2 Å². The highest BCUT2D eigenvalue weighted by Gasteiger charge is 2.26. The lowest BCUT2D eigenvalue weighted by Gasteiger charge is -2.18. The van der Waals surface area contributed by atoms with Gasteiger partial charge >= 0.3 is 7.82 Å². The molecule has 12 heteroatoms. The molecule has 3 aromatic heterocycles. The molecule has 2 N–H and O–H groups in total. The van der Waals surface area contributed by atoms with Crippen molar-refractivity contribution >= 4 is 30.5 Å². The molecule has 4 rings (SSSR count). The lowest BCUT2D eigenvalue weighted by Crippen LogP contribution is -2.12. The molecule has 0 fully saturated rings. The summed E-state index contributed by atoms with van der Waals surface area (Å²) in [4.78, 5) is 33.3. The normalized spacial score (nSPS) is 13.9. The SMILES string of the molecule is CCOP(=O)(O)OC(C)n1cc(-c2ccnc(OC)c2)c2cc(-c3cccc(NC(=O)/C=C/CN(C)C)c3)cnc21. The second kappa shape index (κ2) is 13.2. The van der Waals surface area contributed by atoms with Crippen molar-refractivity contribution in [1.82, 2.24) is 19.4 Å². The smallest absolute Gasteiger partial charge is 0.474 e. The number of nitrogens with zero attached hydrogens (tertiary/aromatic N) is 4. The van der Waals surface area contributed by atoms with Gasteiger partial charge < -0.3 is 24.4 Å². The first-order chi connectivity index (χ1) is 19.6. The van der Waals surface area contributed by atoms with Crippen LogP contribution in [0.1, 0.15) is 20.1 Å². The number of fused-ring (bicyclic) bond motifs is 1. The fraction of sp³-hybridized carbons (Fsp3) is 0.276. The van der Waals surface area contributed by atoms with Crippen molar-refractivity contribution in [1.29, 1.82) is 0 Å². The molecule has 3 heterocycles. The highest BCUT2D eigenvalue weighted by atomic mass is 31.2. The molecule has 11 nitrogen and oxygen atoms in total. The molecule has 2 unspecified atom stereocenters. The number of anilines is 1. The Morgan fingerprint density at radius 2 is 1.98 bits per heavy atom. The van der Waals surface area contributed by atoms with Crippen molar-refractivity contribution in [2.75, 3.05) is 39.7 Å². The molecule has 0 aliphatic carbocycles. The number of rotatable bonds is 12. The van der Waals surface area contributed by atoms with E-state index in [0.717, 1.165) is 27.6 Å². The first-order valence-corrected chi connectivity index (χ1v) is 14.5. The van der Waals surface area contributed by atoms with Gasteiger partial charge in [-0.1, -0.05) is 18.2 Å². The van der Waals surface area contributed by atoms with Crippen LogP contribution in [0.2, 0.25) is 0 Å². The summed E-state index contributed by atoms with van der Waals surface area (Å²) >= 11 is 0. The third-order valence-electron chi connectivity index (χ3n) is 6.10. The van der Waals surface area contributed by atoms with E-state index in [0.29, 0.717) is 23.8 Å². The Labute approximate surface area is 239 Å². The molecule has 0 bridgehead atoms. The molecule has 41 heavy (non-hydrogen) atoms. The Hall–Kier alpha value is -3.86. The second-order valence-corrected chi connectivity index (χ2v) is 10.9. The van der Waals surface area contributed by atoms with Crippen molar-refractivity contribution < 1.29 is 28.0 Å². The largest absolute Gasteiger partial charge is 0.481 e. The number of pyridine rings is 2. The summed E-state index contributed by atoms with van der Waals surface area (Å²) in [6, 6.07) is 13.1. The summed E-state index contributed by atoms with van der Waals surface area (Å²) in [6.07, 6.45) is 7.61. The van der Waals surface area contributed by atoms with Gasteiger partial charge in [-0.15, -0.1) is 0 Å². The standard InChI is InChI=1S/C29H34N5O6P/c1-6-39-41(36,37)40-20(2)34-19-26(22-12-13-30-28(17-22)38-5)25-16-23(18-31-29(25)34)21-9-7-10-24(15-21)32-27(35)11-8-14-33(3)4/h7-13,15-20H,6,14H2,1-5H3,(H,32,35)(H,36,37)/b11-8+. The number of hydrogen-bond donors (Lipinski definition) is 2. The van der Waals surface area contributed by atoms with Gasteiger partial charge in [0.1, 0.15) is 11.9 Å². The van der Waals surface area contributed by atoms with Crippen molar-refractivity contribution in [2.45, 2.75) is 20.1 Å². The van der Waals surface area contributed by atoms with E-state index in [1.165, 1.54) is 6.08 Å². The summed E-state index contributed by atoms with van der Waals surface area (Å²) < 4.78 is 29.6. The highest BCUT2D eigenvalue weighted by molar-refractivity contribution is 7.47. The monoisotopic (exact) mass is 579 g/mol. The number of likely N-dealkylation sites (N-methyl/N-ethyl adjacent to an activating group) is 1. The van der Waals surface area contributed by atoms with Gasteiger partial charge in [0, 0.05) is 59.5 Å². The number of amides is 1. The minimum absolute atomic E-state index is 0.0302. The van der Waals surface area contributed by atoms with Crippen LogP contribution in [0.25, 0.3) is 33.3 Å². The number of methoxy groups -OCH3 is 1. The summed E-state index contributed by atoms with van der Waals surface area (Å²) in [7, 11) is 1.13. The summed E-state index contributed by atoms with van der Waals surface area (Å²) in [5.41, 5.74) is 4.46. The van der Waals surface area contributed by atoms with E-state index in [-0.39, 0.29) is 12.5 Å². The van der Waals surface area contributed by atoms with Gasteiger partial charge in [0.15, 0.2) is 0 Å². The molecule has 4 aromatic rings. The first kappa shape index (κ1) is 30.1. The quantitative estimate of drug-likeness (QED) is 0.165. The van der Waals surface area contributed by atoms with E-state index in [1.807, 2.05) is 61.6 Å². The molecule has 0 aliphatic rings. The van der Waals surface area contributed by atoms with Crippen molar-refractivity contribution in [3.05, 3.63) is 73.2 Å². The fourth-order valence-corrected chi connectivity index (χ4v) is 5.13. The average molecular weight is 580 g/mol. The minimum Gasteiger partial charge on any atom is -0.481 e. The zero-order valence-electron chi connectivity index (χ0n) is 23.6. The lowest BCUT2D eigenvalue weighted by atomic mass is 10.0. The molecule has 0 spiro atoms. The Kier molecular flexibility index (Phi) is 9.69. The van der Waals surface area contributed by atoms with Crippen LogP contribution in [0.5, 0.6) is 5.88 Å². The molecule has 0 aliphatic heterocycles. The van der Waals surface area contributed by atoms with Crippen LogP contribution in [-0.2, 0) is 18.4 Å². The number of aromatic nitrogens is 3. The van der Waals surface area contributed by atoms with Crippen LogP contribution < -0.4 is 10.1 Å². The zero-order valence-corrected chi connectivity index (χ0v) is 24.5. The van der Waals surface area contributed by atoms with E-state index in [4.69, 9.17) is 18.8 Å². The van der Waals surface area contributed by atoms with Gasteiger partial charge in [-0.2, -0.15) is 0 Å². The number of carbonyl (C=O) groups excluding carboxylic acids is 1. The van der Waals surface area contributed by atoms with E-state index in [2.05, 4.69) is 10.3 Å². The van der Waals surface area contributed by atoms with Gasteiger partial charge in [-0.05, 0) is 63.3 Å². The van der Waals surface area contributed by atoms with Crippen LogP contribution in [0.3, 0.4) is 0 Å². The van der Waals surface area contributed by atoms with Crippen LogP contribution >= 0.6 is 7.82 Å². The van der Waals surface area contributed by atoms with Crippen molar-refractivity contribution in [3.8, 4) is 28.1 Å². The number of phosphoric ester groups is 1. The van der Waals surface area contributed by atoms with Crippen LogP contribution in [0, 0.1) is 0 Å². The minimum atomic E-state index is -4.27. The second-order valence-electron chi connectivity index (χ2n) is 9.46. The maximum absolute atomic E-state index is 12.4. The number of phosphoric acid groups is 1. The Morgan fingerprint density at radius 1 is 1.17 bits per heavy atom. The van der Waals surface area contributed by atoms with Crippen molar-refractivity contribution in [2.24, 2.45) is 0 Å². The van der Waals surface area contributed by atoms with Gasteiger partial charge in [0.2, 0.25) is 11.8 Å². The maximum atomic E-state index is 12.4. The molecule has 216 valence electrons. The lowest BCUT2D eigenvalue weighted by molar-refractivity contribution is -0.111. The van der Waals surface area contributed by atoms with Gasteiger partial charge in [0.05, 0.1) is 13.7 Å². The van der Waals surface area contributed by atoms with Gasteiger partial charge in [-0.25, -0.2) is 14.5 Å². The topological polar surface area (TPSA) is 128 Å². The molecule has 1 amide bonds. The van der Waals surface area contributed by atoms with E-state index < -0.39 is 14.1 Å². The molecular weight excluding hydrogens is 545 g/mol. The van der Waals surface area contributed by atoms with Gasteiger partial charge in [-0.3, -0.25) is 13.8 Å². The molecule has 0 saturated heterocycles. The number of ether oxygens (including phenoxy) is 1. The predicted octanol–water partition coefficient (Wildman–Crippen LogP) is 5.50. The summed E-state index contributed by atoms with van der Waals surface area (Å²) in [5, 5.41) is 3.67. The Balaban J connectivity index is 1.74. The summed E-state index contributed by atoms with van der Waals surface area (Å²) in [6.45, 7) is 3.95. The predicted molar refractivity (Wildman–Crippen MR) is 159 cm³/mol. The number of nitrogens with one attached hydrogen (secondary N) is 1. The molecular formula is C29H34N5O6P. The number of benzene rings is 1. The average Bonchev–Trinajstić information content (AvgIpc) is 3.32. The Morgan fingerprint density at radius 3 is 2.71 bits per heavy atom. The third kappa shape index (κ3) is 7.66. The van der Waals surface area contributed by atoms with E-state index in [1.54, 1.807) is 50.1 Å². The maximum Gasteiger partial charge on any atom is 0.474 e. The third-order valence-corrected chi connectivity index (χ3v) is 7.25. The molecule has 1 aromatic carbocycles. The first-order valence-electron chi connectivity index (χ1n) is 13.0. The van der Waals surface area contributed by atoms with Crippen molar-refractivity contribution in [3.63, 3.8) is 0 Å². The summed E-state index contributed by atoms with van der Waals surface area (Å²) in [5.74, 6) is 0.224. The molecule has 0 radical (unpaired) electrons. The highest BCUT2D eigenvalue weighted by Crippen LogP contribution is 2.47. The van der Waals surface area contributed by atoms with Crippen LogP contribution in [-0.4, -0.2) is 64.6 Å². The zero-order chi connectivity index (χ0) is 29.6. The number of hydrogen-bond acceptors (Lipinski definition) is 8.